The molecule has 142 valence electrons. The van der Waals surface area contributed by atoms with Crippen molar-refractivity contribution in [2.75, 3.05) is 13.1 Å². The number of nitrogens with zero attached hydrogens (tertiary/aromatic N) is 1. The number of benzene rings is 2. The van der Waals surface area contributed by atoms with Crippen molar-refractivity contribution in [3.63, 3.8) is 0 Å². The molecule has 6 heteroatoms. The van der Waals surface area contributed by atoms with E-state index in [1.165, 1.54) is 23.1 Å². The molecular weight excluding hydrogens is 359 g/mol. The number of furan rings is 1. The van der Waals surface area contributed by atoms with E-state index in [2.05, 4.69) is 5.32 Å². The van der Waals surface area contributed by atoms with E-state index in [9.17, 15) is 14.0 Å². The molecule has 1 aliphatic rings. The van der Waals surface area contributed by atoms with E-state index < -0.39 is 11.9 Å². The van der Waals surface area contributed by atoms with Crippen LogP contribution in [0.1, 0.15) is 27.7 Å². The van der Waals surface area contributed by atoms with Crippen LogP contribution in [0, 0.1) is 12.7 Å². The van der Waals surface area contributed by atoms with Gasteiger partial charge in [0.2, 0.25) is 5.91 Å². The SMILES string of the molecule is Cc1cc(C(=O)N2CCNC(=O)[C@H]2c2cccc(F)c2)c(-c2ccccc2)o1. The topological polar surface area (TPSA) is 62.6 Å². The minimum atomic E-state index is -0.893. The number of hydrogen-bond acceptors (Lipinski definition) is 3. The third-order valence-electron chi connectivity index (χ3n) is 4.76. The number of rotatable bonds is 3. The molecule has 1 aromatic heterocycles. The summed E-state index contributed by atoms with van der Waals surface area (Å²) < 4.78 is 19.5. The van der Waals surface area contributed by atoms with Gasteiger partial charge in [-0.2, -0.15) is 0 Å². The molecule has 5 nitrogen and oxygen atoms in total. The number of piperazine rings is 1. The molecule has 0 saturated carbocycles. The molecule has 0 bridgehead atoms. The summed E-state index contributed by atoms with van der Waals surface area (Å²) in [6, 6.07) is 15.9. The van der Waals surface area contributed by atoms with Gasteiger partial charge in [-0.1, -0.05) is 42.5 Å². The van der Waals surface area contributed by atoms with E-state index in [1.807, 2.05) is 30.3 Å². The molecule has 3 aromatic rings. The van der Waals surface area contributed by atoms with Gasteiger partial charge in [0, 0.05) is 18.7 Å². The van der Waals surface area contributed by atoms with Crippen molar-refractivity contribution in [3.05, 3.63) is 83.4 Å². The molecule has 1 saturated heterocycles. The maximum Gasteiger partial charge on any atom is 0.258 e. The van der Waals surface area contributed by atoms with Crippen LogP contribution in [-0.2, 0) is 4.79 Å². The highest BCUT2D eigenvalue weighted by Gasteiger charge is 2.36. The van der Waals surface area contributed by atoms with Gasteiger partial charge in [0.05, 0.1) is 5.56 Å². The van der Waals surface area contributed by atoms with Crippen molar-refractivity contribution in [2.45, 2.75) is 13.0 Å². The number of aryl methyl sites for hydroxylation is 1. The van der Waals surface area contributed by atoms with Crippen molar-refractivity contribution in [3.8, 4) is 11.3 Å². The summed E-state index contributed by atoms with van der Waals surface area (Å²) in [5.41, 5.74) is 1.61. The first-order valence-corrected chi connectivity index (χ1v) is 9.04. The van der Waals surface area contributed by atoms with E-state index in [4.69, 9.17) is 4.42 Å². The van der Waals surface area contributed by atoms with Gasteiger partial charge in [0.15, 0.2) is 0 Å². The lowest BCUT2D eigenvalue weighted by Gasteiger charge is -2.35. The molecule has 0 radical (unpaired) electrons. The Kier molecular flexibility index (Phi) is 4.69. The highest BCUT2D eigenvalue weighted by Crippen LogP contribution is 2.32. The summed E-state index contributed by atoms with van der Waals surface area (Å²) in [6.07, 6.45) is 0. The maximum atomic E-state index is 13.7. The van der Waals surface area contributed by atoms with Gasteiger partial charge in [-0.15, -0.1) is 0 Å². The molecule has 1 fully saturated rings. The first-order chi connectivity index (χ1) is 13.5. The van der Waals surface area contributed by atoms with E-state index >= 15 is 0 Å². The van der Waals surface area contributed by atoms with Crippen molar-refractivity contribution < 1.29 is 18.4 Å². The molecule has 1 aliphatic heterocycles. The number of carbonyl (C=O) groups is 2. The minimum absolute atomic E-state index is 0.320. The maximum absolute atomic E-state index is 13.7. The predicted molar refractivity (Wildman–Crippen MR) is 102 cm³/mol. The van der Waals surface area contributed by atoms with Gasteiger partial charge < -0.3 is 14.6 Å². The summed E-state index contributed by atoms with van der Waals surface area (Å²) in [5, 5.41) is 2.76. The fraction of sp³-hybridized carbons (Fsp3) is 0.182. The molecule has 2 aromatic carbocycles. The Morgan fingerprint density at radius 3 is 2.68 bits per heavy atom. The zero-order valence-corrected chi connectivity index (χ0v) is 15.3. The smallest absolute Gasteiger partial charge is 0.258 e. The highest BCUT2D eigenvalue weighted by atomic mass is 19.1. The summed E-state index contributed by atoms with van der Waals surface area (Å²) in [5.74, 6) is -0.0306. The fourth-order valence-corrected chi connectivity index (χ4v) is 3.53. The Morgan fingerprint density at radius 2 is 1.93 bits per heavy atom. The Labute approximate surface area is 161 Å². The van der Waals surface area contributed by atoms with Crippen LogP contribution in [0.25, 0.3) is 11.3 Å². The summed E-state index contributed by atoms with van der Waals surface area (Å²) in [7, 11) is 0. The standard InChI is InChI=1S/C22H19FN2O3/c1-14-12-18(20(28-14)15-6-3-2-4-7-15)22(27)25-11-10-24-21(26)19(25)16-8-5-9-17(23)13-16/h2-9,12-13,19H,10-11H2,1H3,(H,24,26)/t19-/m1/s1. The third kappa shape index (κ3) is 3.29. The zero-order chi connectivity index (χ0) is 19.7. The third-order valence-corrected chi connectivity index (χ3v) is 4.76. The molecule has 1 atom stereocenters. The van der Waals surface area contributed by atoms with E-state index in [1.54, 1.807) is 19.1 Å². The van der Waals surface area contributed by atoms with Gasteiger partial charge in [-0.05, 0) is 30.7 Å². The van der Waals surface area contributed by atoms with Crippen molar-refractivity contribution in [1.29, 1.82) is 0 Å². The van der Waals surface area contributed by atoms with Gasteiger partial charge in [0.25, 0.3) is 5.91 Å². The summed E-state index contributed by atoms with van der Waals surface area (Å²) in [6.45, 7) is 2.44. The van der Waals surface area contributed by atoms with Crippen LogP contribution in [0.4, 0.5) is 4.39 Å². The highest BCUT2D eigenvalue weighted by molar-refractivity contribution is 6.02. The Bertz CT molecular complexity index is 1030. The first kappa shape index (κ1) is 18.0. The number of hydrogen-bond donors (Lipinski definition) is 1. The normalized spacial score (nSPS) is 16.7. The van der Waals surface area contributed by atoms with Gasteiger partial charge in [0.1, 0.15) is 23.4 Å². The number of nitrogens with one attached hydrogen (secondary N) is 1. The van der Waals surface area contributed by atoms with Crippen LogP contribution in [0.15, 0.2) is 65.1 Å². The second kappa shape index (κ2) is 7.31. The van der Waals surface area contributed by atoms with E-state index in [0.717, 1.165) is 5.56 Å². The quantitative estimate of drug-likeness (QED) is 0.756. The molecule has 2 heterocycles. The van der Waals surface area contributed by atoms with Gasteiger partial charge in [-0.3, -0.25) is 9.59 Å². The monoisotopic (exact) mass is 378 g/mol. The number of halogens is 1. The van der Waals surface area contributed by atoms with Crippen LogP contribution in [-0.4, -0.2) is 29.8 Å². The average Bonchev–Trinajstić information content (AvgIpc) is 3.09. The molecule has 4 rings (SSSR count). The second-order valence-electron chi connectivity index (χ2n) is 6.71. The molecule has 0 spiro atoms. The number of carbonyl (C=O) groups excluding carboxylic acids is 2. The lowest BCUT2D eigenvalue weighted by Crippen LogP contribution is -2.52. The van der Waals surface area contributed by atoms with Crippen molar-refractivity contribution in [1.82, 2.24) is 10.2 Å². The molecule has 1 N–H and O–H groups in total. The van der Waals surface area contributed by atoms with E-state index in [0.29, 0.717) is 35.7 Å². The molecule has 28 heavy (non-hydrogen) atoms. The molecule has 2 amide bonds. The molecule has 0 unspecified atom stereocenters. The first-order valence-electron chi connectivity index (χ1n) is 9.04. The second-order valence-corrected chi connectivity index (χ2v) is 6.71. The lowest BCUT2D eigenvalue weighted by atomic mass is 10.00. The van der Waals surface area contributed by atoms with Crippen molar-refractivity contribution in [2.24, 2.45) is 0 Å². The molecular formula is C22H19FN2O3. The zero-order valence-electron chi connectivity index (χ0n) is 15.3. The van der Waals surface area contributed by atoms with Crippen LogP contribution in [0.2, 0.25) is 0 Å². The van der Waals surface area contributed by atoms with Crippen LogP contribution < -0.4 is 5.32 Å². The minimum Gasteiger partial charge on any atom is -0.461 e. The molecule has 0 aliphatic carbocycles. The van der Waals surface area contributed by atoms with Gasteiger partial charge >= 0.3 is 0 Å². The lowest BCUT2D eigenvalue weighted by molar-refractivity contribution is -0.128. The van der Waals surface area contributed by atoms with Gasteiger partial charge in [-0.25, -0.2) is 4.39 Å². The Hall–Kier alpha value is -3.41. The largest absolute Gasteiger partial charge is 0.461 e. The Morgan fingerprint density at radius 1 is 1.14 bits per heavy atom. The fourth-order valence-electron chi connectivity index (χ4n) is 3.53. The average molecular weight is 378 g/mol. The number of amides is 2. The van der Waals surface area contributed by atoms with Crippen LogP contribution in [0.3, 0.4) is 0 Å². The summed E-state index contributed by atoms with van der Waals surface area (Å²) >= 11 is 0. The summed E-state index contributed by atoms with van der Waals surface area (Å²) in [4.78, 5) is 27.5. The van der Waals surface area contributed by atoms with Crippen LogP contribution in [0.5, 0.6) is 0 Å². The predicted octanol–water partition coefficient (Wildman–Crippen LogP) is 3.71. The van der Waals surface area contributed by atoms with Crippen molar-refractivity contribution >= 4 is 11.8 Å². The van der Waals surface area contributed by atoms with E-state index in [-0.39, 0.29) is 11.8 Å². The Balaban J connectivity index is 1.75. The van der Waals surface area contributed by atoms with Crippen LogP contribution >= 0.6 is 0 Å².